The largest absolute Gasteiger partial charge is 0.337 e. The van der Waals surface area contributed by atoms with Crippen LogP contribution in [-0.2, 0) is 11.3 Å². The first-order chi connectivity index (χ1) is 8.62. The monoisotopic (exact) mass is 263 g/mol. The second kappa shape index (κ2) is 5.54. The van der Waals surface area contributed by atoms with Gasteiger partial charge in [0.1, 0.15) is 0 Å². The summed E-state index contributed by atoms with van der Waals surface area (Å²) in [5.74, 6) is 1.88. The van der Waals surface area contributed by atoms with Crippen molar-refractivity contribution in [1.29, 1.82) is 0 Å². The van der Waals surface area contributed by atoms with Gasteiger partial charge in [-0.3, -0.25) is 0 Å². The predicted octanol–water partition coefficient (Wildman–Crippen LogP) is 2.95. The molecule has 1 heterocycles. The summed E-state index contributed by atoms with van der Waals surface area (Å²) in [7, 11) is 0. The lowest BCUT2D eigenvalue weighted by Crippen LogP contribution is -2.32. The molecular weight excluding hydrogens is 246 g/mol. The molecule has 0 aliphatic rings. The smallest absolute Gasteiger partial charge is 0.246 e. The fraction of sp³-hybridized carbons (Fsp3) is 0.385. The molecule has 0 bridgehead atoms. The van der Waals surface area contributed by atoms with Crippen molar-refractivity contribution in [1.82, 2.24) is 10.1 Å². The van der Waals surface area contributed by atoms with Gasteiger partial charge in [0.05, 0.1) is 11.3 Å². The van der Waals surface area contributed by atoms with Crippen LogP contribution in [0.25, 0.3) is 0 Å². The number of aromatic nitrogens is 2. The molecule has 5 heteroatoms. The molecular formula is C13H17N3OS. The molecule has 2 N–H and O–H groups in total. The van der Waals surface area contributed by atoms with Crippen LogP contribution in [0.1, 0.15) is 32.0 Å². The molecule has 0 saturated carbocycles. The third-order valence-electron chi connectivity index (χ3n) is 2.80. The van der Waals surface area contributed by atoms with Gasteiger partial charge in [-0.05, 0) is 25.5 Å². The topological polar surface area (TPSA) is 64.9 Å². The van der Waals surface area contributed by atoms with E-state index in [2.05, 4.69) is 22.3 Å². The van der Waals surface area contributed by atoms with Crippen molar-refractivity contribution in [3.8, 4) is 0 Å². The average molecular weight is 263 g/mol. The Kier molecular flexibility index (Phi) is 4.04. The van der Waals surface area contributed by atoms with E-state index in [0.29, 0.717) is 17.5 Å². The van der Waals surface area contributed by atoms with Gasteiger partial charge in [0.25, 0.3) is 0 Å². The first-order valence-electron chi connectivity index (χ1n) is 5.91. The minimum absolute atomic E-state index is 0.508. The first-order valence-corrected chi connectivity index (χ1v) is 6.90. The summed E-state index contributed by atoms with van der Waals surface area (Å²) in [5.41, 5.74) is 5.52. The number of rotatable bonds is 5. The van der Waals surface area contributed by atoms with Crippen LogP contribution in [0.5, 0.6) is 0 Å². The summed E-state index contributed by atoms with van der Waals surface area (Å²) >= 11 is 1.68. The lowest BCUT2D eigenvalue weighted by atomic mass is 10.0. The number of nitrogens with two attached hydrogens (primary N) is 1. The molecule has 1 aromatic heterocycles. The van der Waals surface area contributed by atoms with E-state index in [9.17, 15) is 0 Å². The summed E-state index contributed by atoms with van der Waals surface area (Å²) < 4.78 is 5.21. The summed E-state index contributed by atoms with van der Waals surface area (Å²) in [4.78, 5) is 5.53. The fourth-order valence-electron chi connectivity index (χ4n) is 1.36. The molecule has 1 unspecified atom stereocenters. The van der Waals surface area contributed by atoms with E-state index in [1.807, 2.05) is 32.0 Å². The Morgan fingerprint density at radius 3 is 2.72 bits per heavy atom. The van der Waals surface area contributed by atoms with E-state index in [1.54, 1.807) is 11.8 Å². The molecule has 1 atom stereocenters. The maximum absolute atomic E-state index is 6.05. The summed E-state index contributed by atoms with van der Waals surface area (Å²) in [5, 5.41) is 3.96. The highest BCUT2D eigenvalue weighted by molar-refractivity contribution is 7.98. The SMILES string of the molecule is CCC(C)(N)c1nc(CSc2ccccc2)no1. The van der Waals surface area contributed by atoms with E-state index in [-0.39, 0.29) is 0 Å². The second-order valence-electron chi connectivity index (χ2n) is 4.39. The van der Waals surface area contributed by atoms with E-state index < -0.39 is 5.54 Å². The van der Waals surface area contributed by atoms with Crippen LogP contribution in [0.2, 0.25) is 0 Å². The van der Waals surface area contributed by atoms with Crippen LogP contribution < -0.4 is 5.73 Å². The number of thioether (sulfide) groups is 1. The Hall–Kier alpha value is -1.33. The molecule has 0 saturated heterocycles. The van der Waals surface area contributed by atoms with Crippen LogP contribution in [-0.4, -0.2) is 10.1 Å². The van der Waals surface area contributed by atoms with Gasteiger partial charge in [0.2, 0.25) is 5.89 Å². The second-order valence-corrected chi connectivity index (χ2v) is 5.44. The van der Waals surface area contributed by atoms with E-state index in [4.69, 9.17) is 10.3 Å². The Balaban J connectivity index is 1.99. The molecule has 2 aromatic rings. The molecule has 1 aromatic carbocycles. The molecule has 96 valence electrons. The highest BCUT2D eigenvalue weighted by atomic mass is 32.2. The van der Waals surface area contributed by atoms with Crippen molar-refractivity contribution in [3.63, 3.8) is 0 Å². The van der Waals surface area contributed by atoms with Crippen molar-refractivity contribution in [2.45, 2.75) is 36.5 Å². The van der Waals surface area contributed by atoms with E-state index in [0.717, 1.165) is 6.42 Å². The fourth-order valence-corrected chi connectivity index (χ4v) is 2.12. The highest BCUT2D eigenvalue weighted by Crippen LogP contribution is 2.23. The Bertz CT molecular complexity index is 496. The minimum Gasteiger partial charge on any atom is -0.337 e. The quantitative estimate of drug-likeness (QED) is 0.840. The standard InChI is InChI=1S/C13H17N3OS/c1-3-13(2,14)12-15-11(16-17-12)9-18-10-7-5-4-6-8-10/h4-8H,3,9,14H2,1-2H3. The summed E-state index contributed by atoms with van der Waals surface area (Å²) in [6.07, 6.45) is 0.764. The number of nitrogens with zero attached hydrogens (tertiary/aromatic N) is 2. The van der Waals surface area contributed by atoms with Gasteiger partial charge in [0.15, 0.2) is 5.82 Å². The summed E-state index contributed by atoms with van der Waals surface area (Å²) in [6, 6.07) is 10.1. The third kappa shape index (κ3) is 3.11. The third-order valence-corrected chi connectivity index (χ3v) is 3.81. The molecule has 0 radical (unpaired) electrons. The Morgan fingerprint density at radius 1 is 1.33 bits per heavy atom. The zero-order chi connectivity index (χ0) is 13.0. The minimum atomic E-state index is -0.539. The molecule has 18 heavy (non-hydrogen) atoms. The van der Waals surface area contributed by atoms with Crippen LogP contribution >= 0.6 is 11.8 Å². The zero-order valence-electron chi connectivity index (χ0n) is 10.6. The average Bonchev–Trinajstić information content (AvgIpc) is 2.87. The molecule has 0 spiro atoms. The predicted molar refractivity (Wildman–Crippen MR) is 72.1 cm³/mol. The van der Waals surface area contributed by atoms with Gasteiger partial charge in [-0.25, -0.2) is 0 Å². The van der Waals surface area contributed by atoms with Crippen LogP contribution in [0.3, 0.4) is 0 Å². The van der Waals surface area contributed by atoms with Crippen molar-refractivity contribution < 1.29 is 4.52 Å². The van der Waals surface area contributed by atoms with Crippen LogP contribution in [0, 0.1) is 0 Å². The zero-order valence-corrected chi connectivity index (χ0v) is 11.4. The van der Waals surface area contributed by atoms with Crippen LogP contribution in [0.4, 0.5) is 0 Å². The van der Waals surface area contributed by atoms with Gasteiger partial charge < -0.3 is 10.3 Å². The van der Waals surface area contributed by atoms with Crippen molar-refractivity contribution in [2.75, 3.05) is 0 Å². The first kappa shape index (κ1) is 13.1. The van der Waals surface area contributed by atoms with Gasteiger partial charge in [-0.2, -0.15) is 4.98 Å². The van der Waals surface area contributed by atoms with Gasteiger partial charge >= 0.3 is 0 Å². The number of benzene rings is 1. The van der Waals surface area contributed by atoms with Crippen molar-refractivity contribution in [2.24, 2.45) is 5.73 Å². The van der Waals surface area contributed by atoms with Crippen LogP contribution in [0.15, 0.2) is 39.8 Å². The number of hydrogen-bond donors (Lipinski definition) is 1. The Labute approximate surface area is 111 Å². The lowest BCUT2D eigenvalue weighted by Gasteiger charge is -2.16. The maximum Gasteiger partial charge on any atom is 0.246 e. The highest BCUT2D eigenvalue weighted by Gasteiger charge is 2.25. The maximum atomic E-state index is 6.05. The molecule has 2 rings (SSSR count). The molecule has 4 nitrogen and oxygen atoms in total. The van der Waals surface area contributed by atoms with Gasteiger partial charge in [-0.1, -0.05) is 30.3 Å². The Morgan fingerprint density at radius 2 is 2.06 bits per heavy atom. The summed E-state index contributed by atoms with van der Waals surface area (Å²) in [6.45, 7) is 3.90. The van der Waals surface area contributed by atoms with Crippen molar-refractivity contribution in [3.05, 3.63) is 42.0 Å². The molecule has 0 amide bonds. The molecule has 0 fully saturated rings. The number of hydrogen-bond acceptors (Lipinski definition) is 5. The molecule has 0 aliphatic carbocycles. The van der Waals surface area contributed by atoms with Gasteiger partial charge in [0, 0.05) is 4.90 Å². The normalized spacial score (nSPS) is 14.4. The molecule has 0 aliphatic heterocycles. The lowest BCUT2D eigenvalue weighted by molar-refractivity contribution is 0.290. The van der Waals surface area contributed by atoms with E-state index >= 15 is 0 Å². The van der Waals surface area contributed by atoms with Gasteiger partial charge in [-0.15, -0.1) is 11.8 Å². The van der Waals surface area contributed by atoms with Crippen molar-refractivity contribution >= 4 is 11.8 Å². The van der Waals surface area contributed by atoms with E-state index in [1.165, 1.54) is 4.90 Å².